The van der Waals surface area contributed by atoms with Gasteiger partial charge >= 0.3 is 0 Å². The van der Waals surface area contributed by atoms with Gasteiger partial charge < -0.3 is 19.6 Å². The molecule has 0 aliphatic carbocycles. The molecule has 0 saturated heterocycles. The first-order valence-electron chi connectivity index (χ1n) is 6.84. The van der Waals surface area contributed by atoms with E-state index in [1.807, 2.05) is 18.2 Å². The van der Waals surface area contributed by atoms with Crippen LogP contribution in [0.25, 0.3) is 11.0 Å². The van der Waals surface area contributed by atoms with E-state index in [1.54, 1.807) is 19.2 Å². The molecule has 0 aliphatic rings. The van der Waals surface area contributed by atoms with Gasteiger partial charge in [-0.2, -0.15) is 0 Å². The van der Waals surface area contributed by atoms with E-state index in [4.69, 9.17) is 9.15 Å². The fourth-order valence-corrected chi connectivity index (χ4v) is 2.26. The van der Waals surface area contributed by atoms with Gasteiger partial charge in [-0.25, -0.2) is 0 Å². The van der Waals surface area contributed by atoms with Gasteiger partial charge in [0, 0.05) is 6.54 Å². The molecule has 0 amide bonds. The summed E-state index contributed by atoms with van der Waals surface area (Å²) in [4.78, 5) is 12.5. The first-order valence-corrected chi connectivity index (χ1v) is 6.84. The average Bonchev–Trinajstić information content (AvgIpc) is 2.54. The van der Waals surface area contributed by atoms with Crippen molar-refractivity contribution >= 4 is 11.0 Å². The van der Waals surface area contributed by atoms with Gasteiger partial charge in [-0.1, -0.05) is 18.2 Å². The van der Waals surface area contributed by atoms with Crippen LogP contribution in [-0.4, -0.2) is 12.2 Å². The van der Waals surface area contributed by atoms with E-state index in [9.17, 15) is 9.90 Å². The highest BCUT2D eigenvalue weighted by Gasteiger charge is 2.14. The second-order valence-corrected chi connectivity index (χ2v) is 4.81. The lowest BCUT2D eigenvalue weighted by molar-refractivity contribution is 0.445. The predicted octanol–water partition coefficient (Wildman–Crippen LogP) is 3.01. The smallest absolute Gasteiger partial charge is 0.235 e. The van der Waals surface area contributed by atoms with Crippen LogP contribution < -0.4 is 15.5 Å². The summed E-state index contributed by atoms with van der Waals surface area (Å²) in [6, 6.07) is 12.0. The number of nitrogens with one attached hydrogen (secondary N) is 1. The Morgan fingerprint density at radius 1 is 1.18 bits per heavy atom. The molecule has 0 saturated carbocycles. The van der Waals surface area contributed by atoms with Gasteiger partial charge in [0.15, 0.2) is 0 Å². The summed E-state index contributed by atoms with van der Waals surface area (Å²) >= 11 is 0. The number of aromatic hydroxyl groups is 1. The number of para-hydroxylation sites is 1. The molecule has 0 radical (unpaired) electrons. The molecule has 0 fully saturated rings. The van der Waals surface area contributed by atoms with E-state index in [-0.39, 0.29) is 16.9 Å². The zero-order chi connectivity index (χ0) is 15.5. The molecule has 0 aliphatic heterocycles. The van der Waals surface area contributed by atoms with Gasteiger partial charge in [0.1, 0.15) is 23.3 Å². The summed E-state index contributed by atoms with van der Waals surface area (Å²) in [6.07, 6.45) is 1.27. The Balaban J connectivity index is 2.11. The quantitative estimate of drug-likeness (QED) is 0.774. The largest absolute Gasteiger partial charge is 0.507 e. The average molecular weight is 297 g/mol. The van der Waals surface area contributed by atoms with Gasteiger partial charge in [0.05, 0.1) is 10.9 Å². The standard InChI is InChI=1S/C17H15NO4/c1-18-9-13-14(19)8-7-12-16(20)15(10-21-17(12)13)22-11-5-3-2-4-6-11/h2-8,10,18-19H,9H2,1H3. The summed E-state index contributed by atoms with van der Waals surface area (Å²) in [5, 5.41) is 13.2. The highest BCUT2D eigenvalue weighted by molar-refractivity contribution is 5.83. The molecule has 112 valence electrons. The van der Waals surface area contributed by atoms with Crippen LogP contribution in [0, 0.1) is 0 Å². The topological polar surface area (TPSA) is 71.7 Å². The van der Waals surface area contributed by atoms with Crippen LogP contribution in [0.1, 0.15) is 5.56 Å². The van der Waals surface area contributed by atoms with Crippen LogP contribution in [0.5, 0.6) is 17.2 Å². The van der Waals surface area contributed by atoms with Crippen molar-refractivity contribution in [2.45, 2.75) is 6.54 Å². The van der Waals surface area contributed by atoms with Gasteiger partial charge in [-0.3, -0.25) is 4.79 Å². The fourth-order valence-electron chi connectivity index (χ4n) is 2.26. The summed E-state index contributed by atoms with van der Waals surface area (Å²) in [5.74, 6) is 0.755. The first kappa shape index (κ1) is 14.2. The third-order valence-electron chi connectivity index (χ3n) is 3.31. The van der Waals surface area contributed by atoms with Crippen molar-refractivity contribution in [2.75, 3.05) is 7.05 Å². The SMILES string of the molecule is CNCc1c(O)ccc2c(=O)c(Oc3ccccc3)coc12. The molecule has 3 rings (SSSR count). The molecular weight excluding hydrogens is 282 g/mol. The van der Waals surface area contributed by atoms with Crippen LogP contribution in [0.15, 0.2) is 57.9 Å². The molecule has 2 aromatic carbocycles. The molecule has 2 N–H and O–H groups in total. The minimum absolute atomic E-state index is 0.0849. The maximum Gasteiger partial charge on any atom is 0.235 e. The highest BCUT2D eigenvalue weighted by Crippen LogP contribution is 2.28. The van der Waals surface area contributed by atoms with Crippen molar-refractivity contribution < 1.29 is 14.3 Å². The van der Waals surface area contributed by atoms with Crippen molar-refractivity contribution in [1.29, 1.82) is 0 Å². The van der Waals surface area contributed by atoms with Crippen LogP contribution in [-0.2, 0) is 6.54 Å². The Morgan fingerprint density at radius 2 is 1.95 bits per heavy atom. The summed E-state index contributed by atoms with van der Waals surface area (Å²) in [6.45, 7) is 0.394. The third-order valence-corrected chi connectivity index (χ3v) is 3.31. The fraction of sp³-hybridized carbons (Fsp3) is 0.118. The summed E-state index contributed by atoms with van der Waals surface area (Å²) in [7, 11) is 1.75. The van der Waals surface area contributed by atoms with E-state index >= 15 is 0 Å². The molecule has 5 nitrogen and oxygen atoms in total. The van der Waals surface area contributed by atoms with Gasteiger partial charge in [0.25, 0.3) is 0 Å². The van der Waals surface area contributed by atoms with Crippen LogP contribution in [0.3, 0.4) is 0 Å². The van der Waals surface area contributed by atoms with Gasteiger partial charge in [-0.15, -0.1) is 0 Å². The number of hydrogen-bond acceptors (Lipinski definition) is 5. The number of ether oxygens (including phenoxy) is 1. The lowest BCUT2D eigenvalue weighted by Gasteiger charge is -2.09. The normalized spacial score (nSPS) is 10.8. The zero-order valence-electron chi connectivity index (χ0n) is 12.0. The maximum absolute atomic E-state index is 12.5. The lowest BCUT2D eigenvalue weighted by Crippen LogP contribution is -2.09. The predicted molar refractivity (Wildman–Crippen MR) is 83.4 cm³/mol. The number of rotatable bonds is 4. The molecule has 3 aromatic rings. The monoisotopic (exact) mass is 297 g/mol. The van der Waals surface area contributed by atoms with Crippen LogP contribution in [0.4, 0.5) is 0 Å². The second-order valence-electron chi connectivity index (χ2n) is 4.81. The van der Waals surface area contributed by atoms with Crippen LogP contribution >= 0.6 is 0 Å². The summed E-state index contributed by atoms with van der Waals surface area (Å²) < 4.78 is 11.1. The van der Waals surface area contributed by atoms with Crippen molar-refractivity contribution in [2.24, 2.45) is 0 Å². The molecule has 5 heteroatoms. The summed E-state index contributed by atoms with van der Waals surface area (Å²) in [5.41, 5.74) is 0.630. The molecule has 0 atom stereocenters. The van der Waals surface area contributed by atoms with Crippen LogP contribution in [0.2, 0.25) is 0 Å². The molecule has 0 spiro atoms. The number of fused-ring (bicyclic) bond motifs is 1. The lowest BCUT2D eigenvalue weighted by atomic mass is 10.1. The second kappa shape index (κ2) is 5.91. The number of phenolic OH excluding ortho intramolecular Hbond substituents is 1. The van der Waals surface area contributed by atoms with E-state index in [0.29, 0.717) is 28.8 Å². The molecule has 1 aromatic heterocycles. The van der Waals surface area contributed by atoms with E-state index < -0.39 is 0 Å². The van der Waals surface area contributed by atoms with E-state index in [1.165, 1.54) is 18.4 Å². The first-order chi connectivity index (χ1) is 10.7. The third kappa shape index (κ3) is 2.54. The Labute approximate surface area is 126 Å². The minimum Gasteiger partial charge on any atom is -0.507 e. The highest BCUT2D eigenvalue weighted by atomic mass is 16.5. The Kier molecular flexibility index (Phi) is 3.80. The molecular formula is C17H15NO4. The number of hydrogen-bond donors (Lipinski definition) is 2. The zero-order valence-corrected chi connectivity index (χ0v) is 12.0. The van der Waals surface area contributed by atoms with E-state index in [2.05, 4.69) is 5.32 Å². The molecule has 22 heavy (non-hydrogen) atoms. The molecule has 0 unspecified atom stereocenters. The van der Waals surface area contributed by atoms with Gasteiger partial charge in [-0.05, 0) is 31.3 Å². The number of benzene rings is 2. The van der Waals surface area contributed by atoms with Crippen molar-refractivity contribution in [3.63, 3.8) is 0 Å². The van der Waals surface area contributed by atoms with E-state index in [0.717, 1.165) is 0 Å². The Hall–Kier alpha value is -2.79. The van der Waals surface area contributed by atoms with Gasteiger partial charge in [0.2, 0.25) is 11.2 Å². The Bertz CT molecular complexity index is 856. The van der Waals surface area contributed by atoms with Crippen molar-refractivity contribution in [1.82, 2.24) is 5.32 Å². The number of phenols is 1. The molecule has 1 heterocycles. The molecule has 0 bridgehead atoms. The Morgan fingerprint density at radius 3 is 2.68 bits per heavy atom. The van der Waals surface area contributed by atoms with Crippen molar-refractivity contribution in [3.8, 4) is 17.2 Å². The minimum atomic E-state index is -0.276. The van der Waals surface area contributed by atoms with Crippen molar-refractivity contribution in [3.05, 3.63) is 64.5 Å². The maximum atomic E-state index is 12.5.